The lowest BCUT2D eigenvalue weighted by Gasteiger charge is -2.32. The fraction of sp³-hybridized carbons (Fsp3) is 0.296. The predicted molar refractivity (Wildman–Crippen MR) is 141 cm³/mol. The highest BCUT2D eigenvalue weighted by atomic mass is 32.2. The van der Waals surface area contributed by atoms with E-state index in [-0.39, 0.29) is 25.4 Å². The number of hydrogen-bond donors (Lipinski definition) is 1. The van der Waals surface area contributed by atoms with Gasteiger partial charge >= 0.3 is 0 Å². The number of benzene rings is 2. The summed E-state index contributed by atoms with van der Waals surface area (Å²) in [5.74, 6) is -0.164. The largest absolute Gasteiger partial charge is 0.497 e. The summed E-state index contributed by atoms with van der Waals surface area (Å²) < 4.78 is 30.3. The number of carbonyl (C=O) groups is 2. The van der Waals surface area contributed by atoms with Crippen molar-refractivity contribution in [1.82, 2.24) is 19.5 Å². The normalized spacial score (nSPS) is 12.1. The van der Waals surface area contributed by atoms with E-state index in [1.165, 1.54) is 11.9 Å². The van der Waals surface area contributed by atoms with Crippen LogP contribution in [-0.2, 0) is 39.1 Å². The van der Waals surface area contributed by atoms with Gasteiger partial charge in [0.2, 0.25) is 21.8 Å². The first kappa shape index (κ1) is 27.8. The topological polar surface area (TPSA) is 109 Å². The fourth-order valence-corrected chi connectivity index (χ4v) is 4.03. The molecule has 0 unspecified atom stereocenters. The summed E-state index contributed by atoms with van der Waals surface area (Å²) in [6, 6.07) is 19.3. The molecule has 10 heteroatoms. The van der Waals surface area contributed by atoms with Crippen LogP contribution in [0.25, 0.3) is 0 Å². The number of nitrogens with one attached hydrogen (secondary N) is 1. The summed E-state index contributed by atoms with van der Waals surface area (Å²) in [5, 5.41) is 2.93. The number of methoxy groups -OCH3 is 1. The second-order valence-electron chi connectivity index (χ2n) is 8.67. The van der Waals surface area contributed by atoms with Crippen molar-refractivity contribution in [2.45, 2.75) is 25.6 Å². The summed E-state index contributed by atoms with van der Waals surface area (Å²) in [7, 11) is -0.695. The zero-order valence-electron chi connectivity index (χ0n) is 21.2. The number of amides is 2. The van der Waals surface area contributed by atoms with Gasteiger partial charge in [-0.15, -0.1) is 0 Å². The molecule has 0 fully saturated rings. The first-order chi connectivity index (χ1) is 17.7. The molecule has 2 aromatic carbocycles. The molecule has 0 saturated heterocycles. The molecule has 1 N–H and O–H groups in total. The van der Waals surface area contributed by atoms with Gasteiger partial charge in [0, 0.05) is 39.0 Å². The van der Waals surface area contributed by atoms with Crippen molar-refractivity contribution in [3.8, 4) is 5.75 Å². The molecule has 196 valence electrons. The number of likely N-dealkylation sites (N-methyl/N-ethyl adjacent to an activating group) is 1. The van der Waals surface area contributed by atoms with Gasteiger partial charge in [0.25, 0.3) is 0 Å². The van der Waals surface area contributed by atoms with Crippen LogP contribution in [0.3, 0.4) is 0 Å². The predicted octanol–water partition coefficient (Wildman–Crippen LogP) is 2.24. The maximum Gasteiger partial charge on any atom is 0.243 e. The smallest absolute Gasteiger partial charge is 0.243 e. The molecule has 0 aliphatic heterocycles. The van der Waals surface area contributed by atoms with Crippen LogP contribution < -0.4 is 10.1 Å². The van der Waals surface area contributed by atoms with Gasteiger partial charge in [0.1, 0.15) is 11.8 Å². The van der Waals surface area contributed by atoms with Crippen LogP contribution in [0.2, 0.25) is 0 Å². The van der Waals surface area contributed by atoms with Gasteiger partial charge in [-0.2, -0.15) is 4.31 Å². The van der Waals surface area contributed by atoms with Crippen molar-refractivity contribution < 1.29 is 22.7 Å². The molecular formula is C27H32N4O5S. The number of aromatic nitrogens is 1. The number of nitrogens with zero attached hydrogens (tertiary/aromatic N) is 3. The van der Waals surface area contributed by atoms with Gasteiger partial charge in [-0.3, -0.25) is 14.6 Å². The number of rotatable bonds is 12. The van der Waals surface area contributed by atoms with Crippen LogP contribution in [0.15, 0.2) is 79.1 Å². The molecule has 0 spiro atoms. The van der Waals surface area contributed by atoms with E-state index >= 15 is 0 Å². The van der Waals surface area contributed by atoms with Crippen LogP contribution >= 0.6 is 0 Å². The minimum Gasteiger partial charge on any atom is -0.497 e. The average molecular weight is 525 g/mol. The summed E-state index contributed by atoms with van der Waals surface area (Å²) in [6.45, 7) is -0.0149. The number of ether oxygens (including phenoxy) is 1. The van der Waals surface area contributed by atoms with Gasteiger partial charge in [0.05, 0.1) is 19.9 Å². The van der Waals surface area contributed by atoms with Gasteiger partial charge < -0.3 is 15.0 Å². The van der Waals surface area contributed by atoms with E-state index in [0.717, 1.165) is 27.3 Å². The van der Waals surface area contributed by atoms with Crippen molar-refractivity contribution in [2.75, 3.05) is 27.0 Å². The molecule has 1 atom stereocenters. The Morgan fingerprint density at radius 3 is 2.19 bits per heavy atom. The third kappa shape index (κ3) is 8.40. The molecule has 0 radical (unpaired) electrons. The summed E-state index contributed by atoms with van der Waals surface area (Å²) >= 11 is 0. The molecule has 9 nitrogen and oxygen atoms in total. The van der Waals surface area contributed by atoms with Crippen molar-refractivity contribution in [2.24, 2.45) is 0 Å². The summed E-state index contributed by atoms with van der Waals surface area (Å²) in [5.41, 5.74) is 2.51. The van der Waals surface area contributed by atoms with Crippen LogP contribution in [0.1, 0.15) is 16.7 Å². The highest BCUT2D eigenvalue weighted by Crippen LogP contribution is 2.18. The van der Waals surface area contributed by atoms with Crippen molar-refractivity contribution >= 4 is 21.8 Å². The Balaban J connectivity index is 1.94. The molecular weight excluding hydrogens is 492 g/mol. The van der Waals surface area contributed by atoms with Crippen molar-refractivity contribution in [3.05, 3.63) is 95.8 Å². The van der Waals surface area contributed by atoms with E-state index in [0.29, 0.717) is 5.75 Å². The van der Waals surface area contributed by atoms with Crippen LogP contribution in [0, 0.1) is 0 Å². The molecule has 0 saturated carbocycles. The molecule has 2 amide bonds. The van der Waals surface area contributed by atoms with E-state index < -0.39 is 28.5 Å². The van der Waals surface area contributed by atoms with Gasteiger partial charge in [-0.1, -0.05) is 42.5 Å². The Bertz CT molecular complexity index is 1270. The first-order valence-corrected chi connectivity index (χ1v) is 13.6. The summed E-state index contributed by atoms with van der Waals surface area (Å²) in [4.78, 5) is 32.5. The number of carbonyl (C=O) groups excluding carboxylic acids is 2. The molecule has 0 aliphatic carbocycles. The van der Waals surface area contributed by atoms with Gasteiger partial charge in [-0.25, -0.2) is 8.42 Å². The third-order valence-electron chi connectivity index (χ3n) is 5.92. The minimum absolute atomic E-state index is 0.112. The maximum atomic E-state index is 13.6. The second-order valence-corrected chi connectivity index (χ2v) is 10.8. The van der Waals surface area contributed by atoms with E-state index in [4.69, 9.17) is 4.74 Å². The molecule has 37 heavy (non-hydrogen) atoms. The third-order valence-corrected chi connectivity index (χ3v) is 7.18. The minimum atomic E-state index is -3.60. The highest BCUT2D eigenvalue weighted by molar-refractivity contribution is 7.88. The lowest BCUT2D eigenvalue weighted by atomic mass is 10.0. The Morgan fingerprint density at radius 2 is 1.59 bits per heavy atom. The maximum absolute atomic E-state index is 13.6. The zero-order chi connectivity index (χ0) is 26.8. The highest BCUT2D eigenvalue weighted by Gasteiger charge is 2.31. The second kappa shape index (κ2) is 13.0. The Kier molecular flexibility index (Phi) is 9.76. The summed E-state index contributed by atoms with van der Waals surface area (Å²) in [6.07, 6.45) is 4.58. The van der Waals surface area contributed by atoms with Gasteiger partial charge in [-0.05, 0) is 41.0 Å². The number of pyridine rings is 1. The Labute approximate surface area is 218 Å². The fourth-order valence-electron chi connectivity index (χ4n) is 3.69. The monoisotopic (exact) mass is 524 g/mol. The SMILES string of the molecule is COc1ccc(CN(C(=O)CN(C)S(C)(=O)=O)[C@H](Cc2ccccc2)C(=O)NCc2ccncc2)cc1. The molecule has 1 aromatic heterocycles. The molecule has 0 bridgehead atoms. The van der Waals surface area contributed by atoms with E-state index in [9.17, 15) is 18.0 Å². The van der Waals surface area contributed by atoms with E-state index in [1.807, 2.05) is 42.5 Å². The van der Waals surface area contributed by atoms with Crippen LogP contribution in [-0.4, -0.2) is 67.4 Å². The lowest BCUT2D eigenvalue weighted by molar-refractivity contribution is -0.141. The Morgan fingerprint density at radius 1 is 0.946 bits per heavy atom. The lowest BCUT2D eigenvalue weighted by Crippen LogP contribution is -2.52. The molecule has 1 heterocycles. The molecule has 0 aliphatic rings. The average Bonchev–Trinajstić information content (AvgIpc) is 2.90. The zero-order valence-corrected chi connectivity index (χ0v) is 22.0. The Hall–Kier alpha value is -3.76. The van der Waals surface area contributed by atoms with E-state index in [2.05, 4.69) is 10.3 Å². The van der Waals surface area contributed by atoms with Crippen molar-refractivity contribution in [1.29, 1.82) is 0 Å². The number of sulfonamides is 1. The quantitative estimate of drug-likeness (QED) is 0.389. The molecule has 3 rings (SSSR count). The van der Waals surface area contributed by atoms with Gasteiger partial charge in [0.15, 0.2) is 0 Å². The van der Waals surface area contributed by atoms with Crippen LogP contribution in [0.4, 0.5) is 0 Å². The standard InChI is InChI=1S/C27H32N4O5S/c1-30(37(3,34)35)20-26(32)31(19-23-9-11-24(36-2)12-10-23)25(17-21-7-5-4-6-8-21)27(33)29-18-22-13-15-28-16-14-22/h4-16,25H,17-20H2,1-3H3,(H,29,33)/t25-/m1/s1. The number of hydrogen-bond acceptors (Lipinski definition) is 6. The first-order valence-electron chi connectivity index (χ1n) is 11.7. The van der Waals surface area contributed by atoms with Crippen LogP contribution in [0.5, 0.6) is 5.75 Å². The molecule has 3 aromatic rings. The van der Waals surface area contributed by atoms with Crippen molar-refractivity contribution in [3.63, 3.8) is 0 Å². The van der Waals surface area contributed by atoms with E-state index in [1.54, 1.807) is 43.8 Å².